The maximum Gasteiger partial charge on any atom is 0.129 e. The summed E-state index contributed by atoms with van der Waals surface area (Å²) in [6.45, 7) is 0. The summed E-state index contributed by atoms with van der Waals surface area (Å²) < 4.78 is 26.7. The quantitative estimate of drug-likeness (QED) is 0.905. The van der Waals surface area contributed by atoms with Crippen LogP contribution < -0.4 is 5.73 Å². The molecule has 2 N–H and O–H groups in total. The van der Waals surface area contributed by atoms with Gasteiger partial charge in [0.05, 0.1) is 0 Å². The van der Waals surface area contributed by atoms with E-state index in [2.05, 4.69) is 12.1 Å². The van der Waals surface area contributed by atoms with E-state index in [1.165, 1.54) is 17.7 Å². The zero-order chi connectivity index (χ0) is 14.2. The van der Waals surface area contributed by atoms with Gasteiger partial charge in [-0.25, -0.2) is 8.78 Å². The molecule has 1 atom stereocenters. The van der Waals surface area contributed by atoms with Crippen LogP contribution in [0.15, 0.2) is 48.5 Å². The predicted molar refractivity (Wildman–Crippen MR) is 75.4 cm³/mol. The van der Waals surface area contributed by atoms with Crippen molar-refractivity contribution in [3.63, 3.8) is 0 Å². The fourth-order valence-electron chi connectivity index (χ4n) is 2.90. The first kappa shape index (κ1) is 13.3. The van der Waals surface area contributed by atoms with E-state index in [1.54, 1.807) is 0 Å². The number of rotatable bonds is 4. The van der Waals surface area contributed by atoms with Crippen LogP contribution in [0.2, 0.25) is 0 Å². The average Bonchev–Trinajstić information content (AvgIpc) is 3.24. The first-order valence-electron chi connectivity index (χ1n) is 6.87. The maximum atomic E-state index is 13.7. The summed E-state index contributed by atoms with van der Waals surface area (Å²) in [5.41, 5.74) is 7.99. The van der Waals surface area contributed by atoms with Crippen LogP contribution in [0.25, 0.3) is 0 Å². The van der Waals surface area contributed by atoms with E-state index >= 15 is 0 Å². The lowest BCUT2D eigenvalue weighted by molar-refractivity contribution is 0.496. The van der Waals surface area contributed by atoms with Crippen LogP contribution in [0.3, 0.4) is 0 Å². The Morgan fingerprint density at radius 3 is 2.35 bits per heavy atom. The van der Waals surface area contributed by atoms with Crippen LogP contribution in [0.5, 0.6) is 0 Å². The van der Waals surface area contributed by atoms with Crippen LogP contribution in [0.4, 0.5) is 8.78 Å². The lowest BCUT2D eigenvalue weighted by Gasteiger charge is -2.24. The Labute approximate surface area is 117 Å². The molecule has 0 aromatic heterocycles. The largest absolute Gasteiger partial charge is 0.327 e. The Morgan fingerprint density at radius 2 is 1.75 bits per heavy atom. The molecule has 0 heterocycles. The van der Waals surface area contributed by atoms with Crippen molar-refractivity contribution < 1.29 is 8.78 Å². The van der Waals surface area contributed by atoms with Gasteiger partial charge in [-0.15, -0.1) is 0 Å². The Bertz CT molecular complexity index is 606. The molecular weight excluding hydrogens is 256 g/mol. The normalized spacial score (nSPS) is 17.8. The molecule has 0 aliphatic heterocycles. The van der Waals surface area contributed by atoms with E-state index in [0.717, 1.165) is 18.9 Å². The van der Waals surface area contributed by atoms with E-state index in [-0.39, 0.29) is 11.5 Å². The Balaban J connectivity index is 1.81. The van der Waals surface area contributed by atoms with E-state index in [4.69, 9.17) is 5.73 Å². The van der Waals surface area contributed by atoms with Crippen molar-refractivity contribution in [3.8, 4) is 0 Å². The average molecular weight is 273 g/mol. The van der Waals surface area contributed by atoms with Crippen molar-refractivity contribution in [3.05, 3.63) is 71.3 Å². The summed E-state index contributed by atoms with van der Waals surface area (Å²) in [5, 5.41) is 0. The van der Waals surface area contributed by atoms with Crippen LogP contribution in [0.1, 0.15) is 24.0 Å². The summed E-state index contributed by atoms with van der Waals surface area (Å²) >= 11 is 0. The fraction of sp³-hybridized carbons (Fsp3) is 0.294. The molecule has 0 amide bonds. The maximum absolute atomic E-state index is 13.7. The predicted octanol–water partition coefficient (Wildman–Crippen LogP) is 3.57. The summed E-state index contributed by atoms with van der Waals surface area (Å²) in [6, 6.07) is 13.7. The lowest BCUT2D eigenvalue weighted by atomic mass is 9.85. The first-order chi connectivity index (χ1) is 9.62. The van der Waals surface area contributed by atoms with Crippen LogP contribution in [-0.4, -0.2) is 6.04 Å². The lowest BCUT2D eigenvalue weighted by Crippen LogP contribution is -2.37. The Kier molecular flexibility index (Phi) is 3.30. The molecule has 0 spiro atoms. The van der Waals surface area contributed by atoms with E-state index in [0.29, 0.717) is 12.0 Å². The molecule has 3 rings (SSSR count). The molecule has 1 nitrogen and oxygen atoms in total. The second kappa shape index (κ2) is 4.98. The highest BCUT2D eigenvalue weighted by atomic mass is 19.1. The van der Waals surface area contributed by atoms with Gasteiger partial charge in [0, 0.05) is 17.5 Å². The van der Waals surface area contributed by atoms with Gasteiger partial charge >= 0.3 is 0 Å². The van der Waals surface area contributed by atoms with Crippen molar-refractivity contribution in [2.24, 2.45) is 5.73 Å². The Hall–Kier alpha value is -1.74. The molecule has 2 aromatic rings. The fourth-order valence-corrected chi connectivity index (χ4v) is 2.90. The van der Waals surface area contributed by atoms with Gasteiger partial charge in [-0.2, -0.15) is 0 Å². The molecule has 1 fully saturated rings. The molecule has 0 bridgehead atoms. The standard InChI is InChI=1S/C17H17F2N/c18-14-7-6-12(15(19)11-14)10-16(20)17(8-9-17)13-4-2-1-3-5-13/h1-7,11,16H,8-10,20H2. The van der Waals surface area contributed by atoms with Gasteiger partial charge in [0.25, 0.3) is 0 Å². The number of benzene rings is 2. The molecule has 104 valence electrons. The van der Waals surface area contributed by atoms with Crippen molar-refractivity contribution in [2.75, 3.05) is 0 Å². The highest BCUT2D eigenvalue weighted by Crippen LogP contribution is 2.50. The number of nitrogens with two attached hydrogens (primary N) is 1. The van der Waals surface area contributed by atoms with Crippen molar-refractivity contribution in [1.29, 1.82) is 0 Å². The molecular formula is C17H17F2N. The third-order valence-electron chi connectivity index (χ3n) is 4.30. The summed E-state index contributed by atoms with van der Waals surface area (Å²) in [6.07, 6.45) is 2.49. The number of halogens is 2. The third-order valence-corrected chi connectivity index (χ3v) is 4.30. The van der Waals surface area contributed by atoms with E-state index < -0.39 is 11.6 Å². The number of hydrogen-bond acceptors (Lipinski definition) is 1. The molecule has 1 unspecified atom stereocenters. The zero-order valence-electron chi connectivity index (χ0n) is 11.2. The zero-order valence-corrected chi connectivity index (χ0v) is 11.2. The van der Waals surface area contributed by atoms with Gasteiger partial charge in [0.15, 0.2) is 0 Å². The molecule has 0 saturated heterocycles. The van der Waals surface area contributed by atoms with Crippen LogP contribution >= 0.6 is 0 Å². The van der Waals surface area contributed by atoms with Gasteiger partial charge in [-0.1, -0.05) is 36.4 Å². The van der Waals surface area contributed by atoms with Gasteiger partial charge in [0.2, 0.25) is 0 Å². The smallest absolute Gasteiger partial charge is 0.129 e. The van der Waals surface area contributed by atoms with Gasteiger partial charge < -0.3 is 5.73 Å². The number of hydrogen-bond donors (Lipinski definition) is 1. The van der Waals surface area contributed by atoms with Gasteiger partial charge in [-0.3, -0.25) is 0 Å². The van der Waals surface area contributed by atoms with Gasteiger partial charge in [-0.05, 0) is 36.5 Å². The van der Waals surface area contributed by atoms with Crippen LogP contribution in [-0.2, 0) is 11.8 Å². The third kappa shape index (κ3) is 2.34. The Morgan fingerprint density at radius 1 is 1.05 bits per heavy atom. The molecule has 20 heavy (non-hydrogen) atoms. The summed E-state index contributed by atoms with van der Waals surface area (Å²) in [7, 11) is 0. The van der Waals surface area contributed by atoms with Gasteiger partial charge in [0.1, 0.15) is 11.6 Å². The second-order valence-electron chi connectivity index (χ2n) is 5.57. The molecule has 2 aromatic carbocycles. The highest BCUT2D eigenvalue weighted by molar-refractivity contribution is 5.35. The van der Waals surface area contributed by atoms with Crippen molar-refractivity contribution in [1.82, 2.24) is 0 Å². The molecule has 1 saturated carbocycles. The molecule has 0 radical (unpaired) electrons. The molecule has 1 aliphatic carbocycles. The summed E-state index contributed by atoms with van der Waals surface area (Å²) in [5.74, 6) is -1.06. The second-order valence-corrected chi connectivity index (χ2v) is 5.57. The summed E-state index contributed by atoms with van der Waals surface area (Å²) in [4.78, 5) is 0. The minimum Gasteiger partial charge on any atom is -0.327 e. The monoisotopic (exact) mass is 273 g/mol. The SMILES string of the molecule is NC(Cc1ccc(F)cc1F)C1(c2ccccc2)CC1. The highest BCUT2D eigenvalue weighted by Gasteiger charge is 2.49. The van der Waals surface area contributed by atoms with Crippen LogP contribution in [0, 0.1) is 11.6 Å². The van der Waals surface area contributed by atoms with Crippen molar-refractivity contribution in [2.45, 2.75) is 30.7 Å². The minimum atomic E-state index is -0.552. The van der Waals surface area contributed by atoms with Crippen molar-refractivity contribution >= 4 is 0 Å². The minimum absolute atomic E-state index is 0.0396. The first-order valence-corrected chi connectivity index (χ1v) is 6.87. The van der Waals surface area contributed by atoms with E-state index in [1.807, 2.05) is 18.2 Å². The molecule has 3 heteroatoms. The topological polar surface area (TPSA) is 26.0 Å². The van der Waals surface area contributed by atoms with E-state index in [9.17, 15) is 8.78 Å². The molecule has 1 aliphatic rings.